The van der Waals surface area contributed by atoms with Gasteiger partial charge in [0.25, 0.3) is 0 Å². The molecule has 0 bridgehead atoms. The Morgan fingerprint density at radius 3 is 2.42 bits per heavy atom. The number of fused-ring (bicyclic) bond motifs is 2. The molecule has 0 atom stereocenters. The van der Waals surface area contributed by atoms with Gasteiger partial charge in [0.1, 0.15) is 12.0 Å². The molecule has 2 aromatic rings. The fraction of sp³-hybridized carbons (Fsp3) is 0.524. The van der Waals surface area contributed by atoms with Crippen LogP contribution in [-0.2, 0) is 40.6 Å². The minimum Gasteiger partial charge on any atom is -0.845 e. The highest BCUT2D eigenvalue weighted by atomic mass is 32.2. The lowest BCUT2D eigenvalue weighted by Gasteiger charge is -2.32. The number of amidine groups is 1. The maximum absolute atomic E-state index is 13.2. The van der Waals surface area contributed by atoms with Crippen molar-refractivity contribution in [1.29, 1.82) is 0 Å². The molecule has 10 heteroatoms. The zero-order chi connectivity index (χ0) is 21.4. The van der Waals surface area contributed by atoms with Crippen molar-refractivity contribution in [3.63, 3.8) is 0 Å². The van der Waals surface area contributed by atoms with Crippen molar-refractivity contribution in [2.24, 2.45) is 4.40 Å². The van der Waals surface area contributed by atoms with Crippen LogP contribution in [0.25, 0.3) is 0 Å². The minimum absolute atomic E-state index is 0.255. The molecule has 31 heavy (non-hydrogen) atoms. The van der Waals surface area contributed by atoms with E-state index < -0.39 is 16.2 Å². The first-order valence-electron chi connectivity index (χ1n) is 10.7. The number of nitrogens with one attached hydrogen (secondary N) is 1. The lowest BCUT2D eigenvalue weighted by atomic mass is 9.99. The number of hydrogen-bond donors (Lipinski definition) is 1. The summed E-state index contributed by atoms with van der Waals surface area (Å²) in [5, 5.41) is 19.3. The predicted octanol–water partition coefficient (Wildman–Crippen LogP) is 1.71. The predicted molar refractivity (Wildman–Crippen MR) is 113 cm³/mol. The van der Waals surface area contributed by atoms with Crippen molar-refractivity contribution >= 4 is 27.6 Å². The second-order valence-corrected chi connectivity index (χ2v) is 9.73. The topological polar surface area (TPSA) is 120 Å². The summed E-state index contributed by atoms with van der Waals surface area (Å²) in [5.41, 5.74) is 5.79. The molecule has 0 amide bonds. The van der Waals surface area contributed by atoms with E-state index in [1.807, 2.05) is 0 Å². The van der Waals surface area contributed by atoms with E-state index in [2.05, 4.69) is 20.9 Å². The van der Waals surface area contributed by atoms with Gasteiger partial charge in [-0.15, -0.1) is 4.40 Å². The van der Waals surface area contributed by atoms with E-state index in [-0.39, 0.29) is 11.7 Å². The summed E-state index contributed by atoms with van der Waals surface area (Å²) < 4.78 is 41.3. The monoisotopic (exact) mass is 445 g/mol. The zero-order valence-corrected chi connectivity index (χ0v) is 18.0. The number of aryl methyl sites for hydroxylation is 2. The Hall–Kier alpha value is -2.59. The Kier molecular flexibility index (Phi) is 5.35. The van der Waals surface area contributed by atoms with Crippen LogP contribution in [0.1, 0.15) is 47.9 Å². The number of nitrogens with zero attached hydrogens (tertiary/aromatic N) is 3. The second kappa shape index (κ2) is 8.16. The first-order chi connectivity index (χ1) is 15.0. The molecular formula is C21H25N4O5S-. The van der Waals surface area contributed by atoms with Gasteiger partial charge >= 0.3 is 10.2 Å². The first kappa shape index (κ1) is 20.3. The quantitative estimate of drug-likeness (QED) is 0.549. The van der Waals surface area contributed by atoms with Crippen LogP contribution in [0.15, 0.2) is 27.4 Å². The summed E-state index contributed by atoms with van der Waals surface area (Å²) in [6.07, 6.45) is 9.41. The van der Waals surface area contributed by atoms with Gasteiger partial charge in [-0.2, -0.15) is 8.42 Å². The van der Waals surface area contributed by atoms with Crippen molar-refractivity contribution < 1.29 is 22.8 Å². The van der Waals surface area contributed by atoms with Crippen molar-refractivity contribution in [1.82, 2.24) is 5.16 Å². The molecule has 1 N–H and O–H groups in total. The molecule has 5 rings (SSSR count). The SMILES string of the molecule is O=S(=O)(/N=C(\[O-])Nc1c2c(cc3c1CCC3)CCC2)N(c1cnoc1)C1CCOCC1. The molecular weight excluding hydrogens is 420 g/mol. The average Bonchev–Trinajstić information content (AvgIpc) is 3.50. The molecule has 0 unspecified atom stereocenters. The van der Waals surface area contributed by atoms with E-state index in [0.29, 0.717) is 26.1 Å². The summed E-state index contributed by atoms with van der Waals surface area (Å²) in [6, 6.07) is 1.01. The summed E-state index contributed by atoms with van der Waals surface area (Å²) in [7, 11) is -4.30. The molecule has 1 aromatic heterocycles. The number of ether oxygens (including phenoxy) is 1. The molecule has 1 aromatic carbocycles. The fourth-order valence-corrected chi connectivity index (χ4v) is 6.29. The maximum atomic E-state index is 13.2. The molecule has 1 saturated heterocycles. The summed E-state index contributed by atoms with van der Waals surface area (Å²) >= 11 is 0. The van der Waals surface area contributed by atoms with E-state index in [4.69, 9.17) is 9.26 Å². The van der Waals surface area contributed by atoms with Gasteiger partial charge in [0, 0.05) is 18.9 Å². The lowest BCUT2D eigenvalue weighted by Crippen LogP contribution is -2.44. The van der Waals surface area contributed by atoms with Gasteiger partial charge in [0.15, 0.2) is 0 Å². The number of benzene rings is 1. The highest BCUT2D eigenvalue weighted by Gasteiger charge is 2.33. The van der Waals surface area contributed by atoms with Gasteiger partial charge in [-0.1, -0.05) is 11.2 Å². The maximum Gasteiger partial charge on any atom is 0.345 e. The average molecular weight is 446 g/mol. The molecule has 0 spiro atoms. The van der Waals surface area contributed by atoms with Crippen LogP contribution in [0.3, 0.4) is 0 Å². The highest BCUT2D eigenvalue weighted by Crippen LogP contribution is 2.38. The number of aromatic nitrogens is 1. The van der Waals surface area contributed by atoms with E-state index in [1.54, 1.807) is 0 Å². The van der Waals surface area contributed by atoms with E-state index in [1.165, 1.54) is 23.6 Å². The molecule has 9 nitrogen and oxygen atoms in total. The fourth-order valence-electron chi connectivity index (χ4n) is 5.01. The Labute approximate surface area is 181 Å². The smallest absolute Gasteiger partial charge is 0.345 e. The Balaban J connectivity index is 1.47. The summed E-state index contributed by atoms with van der Waals surface area (Å²) in [5.74, 6) is 0. The van der Waals surface area contributed by atoms with E-state index in [0.717, 1.165) is 59.6 Å². The molecule has 2 aliphatic carbocycles. The van der Waals surface area contributed by atoms with Crippen LogP contribution < -0.4 is 14.7 Å². The van der Waals surface area contributed by atoms with Crippen molar-refractivity contribution in [3.05, 3.63) is 40.8 Å². The second-order valence-electron chi connectivity index (χ2n) is 8.26. The molecule has 166 valence electrons. The van der Waals surface area contributed by atoms with Crippen LogP contribution >= 0.6 is 0 Å². The Morgan fingerprint density at radius 1 is 1.13 bits per heavy atom. The van der Waals surface area contributed by atoms with Gasteiger partial charge in [-0.05, 0) is 73.6 Å². The van der Waals surface area contributed by atoms with Crippen molar-refractivity contribution in [3.8, 4) is 0 Å². The van der Waals surface area contributed by atoms with Crippen LogP contribution in [0.4, 0.5) is 11.4 Å². The summed E-state index contributed by atoms with van der Waals surface area (Å²) in [6.45, 7) is 0.882. The summed E-state index contributed by atoms with van der Waals surface area (Å²) in [4.78, 5) is 0. The number of anilines is 2. The highest BCUT2D eigenvalue weighted by molar-refractivity contribution is 7.91. The normalized spacial score (nSPS) is 19.3. The van der Waals surface area contributed by atoms with Crippen molar-refractivity contribution in [2.75, 3.05) is 22.8 Å². The van der Waals surface area contributed by atoms with E-state index in [9.17, 15) is 13.5 Å². The van der Waals surface area contributed by atoms with Gasteiger partial charge < -0.3 is 19.7 Å². The molecule has 0 saturated carbocycles. The molecule has 1 fully saturated rings. The Morgan fingerprint density at radius 2 is 1.81 bits per heavy atom. The van der Waals surface area contributed by atoms with Crippen LogP contribution in [0.5, 0.6) is 0 Å². The Bertz CT molecular complexity index is 1060. The van der Waals surface area contributed by atoms with E-state index >= 15 is 0 Å². The lowest BCUT2D eigenvalue weighted by molar-refractivity contribution is -0.213. The zero-order valence-electron chi connectivity index (χ0n) is 17.2. The first-order valence-corrected chi connectivity index (χ1v) is 12.1. The molecule has 0 radical (unpaired) electrons. The number of hydrogen-bond acceptors (Lipinski definition) is 6. The third kappa shape index (κ3) is 3.89. The van der Waals surface area contributed by atoms with Gasteiger partial charge in [0.2, 0.25) is 0 Å². The number of rotatable bonds is 5. The third-order valence-corrected chi connectivity index (χ3v) is 7.75. The standard InChI is InChI=1S/C21H26N4O5S/c26-21(23-20-18-5-1-3-14(18)11-15-4-2-6-19(15)20)24-31(27,28)25(17-12-22-30-13-17)16-7-9-29-10-8-16/h11-13,16H,1-10H2,(H2,23,24,26)/p-1. The van der Waals surface area contributed by atoms with Crippen molar-refractivity contribution in [2.45, 2.75) is 57.4 Å². The van der Waals surface area contributed by atoms with Crippen LogP contribution in [0.2, 0.25) is 0 Å². The van der Waals surface area contributed by atoms with Crippen LogP contribution in [0, 0.1) is 0 Å². The molecule has 2 heterocycles. The molecule has 3 aliphatic rings. The van der Waals surface area contributed by atoms with Crippen LogP contribution in [-0.4, -0.2) is 38.9 Å². The minimum atomic E-state index is -4.30. The van der Waals surface area contributed by atoms with Gasteiger partial charge in [-0.25, -0.2) is 4.31 Å². The van der Waals surface area contributed by atoms with Gasteiger partial charge in [0.05, 0.1) is 18.3 Å². The largest absolute Gasteiger partial charge is 0.845 e. The molecule has 1 aliphatic heterocycles. The third-order valence-electron chi connectivity index (χ3n) is 6.35. The van der Waals surface area contributed by atoms with Gasteiger partial charge in [-0.3, -0.25) is 0 Å².